The largest absolute Gasteiger partial charge is 0.372 e. The summed E-state index contributed by atoms with van der Waals surface area (Å²) in [6.07, 6.45) is 0. The molecule has 0 fully saturated rings. The highest BCUT2D eigenvalue weighted by atomic mass is 127. The second-order valence-electron chi connectivity index (χ2n) is 3.67. The van der Waals surface area contributed by atoms with Gasteiger partial charge in [0.25, 0.3) is 0 Å². The van der Waals surface area contributed by atoms with Crippen molar-refractivity contribution in [1.29, 1.82) is 0 Å². The topological polar surface area (TPSA) is 37.8 Å². The second-order valence-corrected chi connectivity index (χ2v) is 6.01. The Balaban J connectivity index is 2.57. The first-order valence-electron chi connectivity index (χ1n) is 5.20. The third kappa shape index (κ3) is 2.78. The molecule has 1 aromatic heterocycles. The normalized spacial score (nSPS) is 10.5. The molecule has 1 N–H and O–H groups in total. The average Bonchev–Trinajstić information content (AvgIpc) is 2.36. The highest BCUT2D eigenvalue weighted by Crippen LogP contribution is 2.29. The van der Waals surface area contributed by atoms with Crippen LogP contribution in [0.25, 0.3) is 11.4 Å². The van der Waals surface area contributed by atoms with Gasteiger partial charge in [-0.15, -0.1) is 0 Å². The number of anilines is 1. The molecule has 94 valence electrons. The number of halogens is 3. The van der Waals surface area contributed by atoms with Crippen LogP contribution >= 0.6 is 50.1 Å². The molecule has 0 aliphatic heterocycles. The van der Waals surface area contributed by atoms with Crippen LogP contribution in [0, 0.1) is 10.5 Å². The van der Waals surface area contributed by atoms with E-state index < -0.39 is 0 Å². The van der Waals surface area contributed by atoms with Gasteiger partial charge < -0.3 is 5.32 Å². The number of rotatable bonds is 2. The summed E-state index contributed by atoms with van der Waals surface area (Å²) in [6.45, 7) is 1.97. The van der Waals surface area contributed by atoms with Gasteiger partial charge in [0, 0.05) is 17.1 Å². The van der Waals surface area contributed by atoms with E-state index in [1.165, 1.54) is 0 Å². The molecule has 1 aromatic carbocycles. The van der Waals surface area contributed by atoms with Crippen molar-refractivity contribution in [3.63, 3.8) is 0 Å². The Morgan fingerprint density at radius 1 is 1.33 bits per heavy atom. The highest BCUT2D eigenvalue weighted by molar-refractivity contribution is 14.1. The number of hydrogen-bond donors (Lipinski definition) is 1. The van der Waals surface area contributed by atoms with Crippen molar-refractivity contribution in [2.24, 2.45) is 0 Å². The van der Waals surface area contributed by atoms with E-state index in [4.69, 9.17) is 11.6 Å². The number of nitrogens with one attached hydrogen (secondary N) is 1. The summed E-state index contributed by atoms with van der Waals surface area (Å²) in [5, 5.41) is 3.75. The Kier molecular flexibility index (Phi) is 4.45. The molecule has 0 aliphatic rings. The summed E-state index contributed by atoms with van der Waals surface area (Å²) >= 11 is 11.6. The van der Waals surface area contributed by atoms with Gasteiger partial charge in [-0.25, -0.2) is 9.97 Å². The van der Waals surface area contributed by atoms with E-state index in [1.807, 2.05) is 32.2 Å². The van der Waals surface area contributed by atoms with Crippen molar-refractivity contribution < 1.29 is 0 Å². The van der Waals surface area contributed by atoms with Gasteiger partial charge in [-0.2, -0.15) is 0 Å². The fourth-order valence-corrected chi connectivity index (χ4v) is 2.50. The van der Waals surface area contributed by atoms with Gasteiger partial charge in [0.05, 0.1) is 14.3 Å². The Morgan fingerprint density at radius 2 is 2.06 bits per heavy atom. The standard InChI is InChI=1S/C12H10BrClIN3/c1-6-10(15)12(16-2)18-11(17-6)7-3-4-9(14)8(13)5-7/h3-5H,1-2H3,(H,16,17,18). The molecular weight excluding hydrogens is 428 g/mol. The lowest BCUT2D eigenvalue weighted by Gasteiger charge is -2.09. The van der Waals surface area contributed by atoms with E-state index in [0.29, 0.717) is 10.8 Å². The molecule has 0 saturated heterocycles. The lowest BCUT2D eigenvalue weighted by Crippen LogP contribution is -2.02. The van der Waals surface area contributed by atoms with Crippen molar-refractivity contribution in [3.05, 3.63) is 37.0 Å². The zero-order chi connectivity index (χ0) is 13.3. The maximum atomic E-state index is 5.98. The molecule has 2 aromatic rings. The van der Waals surface area contributed by atoms with Gasteiger partial charge in [-0.05, 0) is 63.6 Å². The maximum absolute atomic E-state index is 5.98. The molecule has 6 heteroatoms. The molecule has 2 rings (SSSR count). The first-order valence-corrected chi connectivity index (χ1v) is 7.45. The van der Waals surface area contributed by atoms with Gasteiger partial charge in [0.15, 0.2) is 5.82 Å². The number of nitrogens with zero attached hydrogens (tertiary/aromatic N) is 2. The Labute approximate surface area is 133 Å². The van der Waals surface area contributed by atoms with Crippen LogP contribution in [0.15, 0.2) is 22.7 Å². The van der Waals surface area contributed by atoms with Gasteiger partial charge in [0.1, 0.15) is 5.82 Å². The predicted octanol–water partition coefficient (Wildman–Crippen LogP) is 4.51. The van der Waals surface area contributed by atoms with Gasteiger partial charge in [-0.3, -0.25) is 0 Å². The van der Waals surface area contributed by atoms with Crippen LogP contribution < -0.4 is 5.32 Å². The highest BCUT2D eigenvalue weighted by Gasteiger charge is 2.10. The summed E-state index contributed by atoms with van der Waals surface area (Å²) in [7, 11) is 1.85. The van der Waals surface area contributed by atoms with E-state index in [-0.39, 0.29) is 0 Å². The lowest BCUT2D eigenvalue weighted by molar-refractivity contribution is 1.09. The van der Waals surface area contributed by atoms with Crippen LogP contribution in [0.2, 0.25) is 5.02 Å². The van der Waals surface area contributed by atoms with Crippen LogP contribution in [0.3, 0.4) is 0 Å². The summed E-state index contributed by atoms with van der Waals surface area (Å²) in [6, 6.07) is 5.66. The number of benzene rings is 1. The number of aromatic nitrogens is 2. The molecule has 0 spiro atoms. The summed E-state index contributed by atoms with van der Waals surface area (Å²) in [5.41, 5.74) is 1.89. The molecule has 1 heterocycles. The number of hydrogen-bond acceptors (Lipinski definition) is 3. The molecule has 0 radical (unpaired) electrons. The summed E-state index contributed by atoms with van der Waals surface area (Å²) < 4.78 is 1.87. The fourth-order valence-electron chi connectivity index (χ4n) is 1.49. The van der Waals surface area contributed by atoms with Crippen molar-refractivity contribution in [1.82, 2.24) is 9.97 Å². The summed E-state index contributed by atoms with van der Waals surface area (Å²) in [4.78, 5) is 9.00. The molecule has 0 bridgehead atoms. The van der Waals surface area contributed by atoms with Crippen LogP contribution in [0.5, 0.6) is 0 Å². The number of aryl methyl sites for hydroxylation is 1. The average molecular weight is 438 g/mol. The first-order chi connectivity index (χ1) is 8.52. The summed E-state index contributed by atoms with van der Waals surface area (Å²) in [5.74, 6) is 1.53. The van der Waals surface area contributed by atoms with E-state index in [0.717, 1.165) is 25.1 Å². The van der Waals surface area contributed by atoms with E-state index in [1.54, 1.807) is 0 Å². The monoisotopic (exact) mass is 437 g/mol. The quantitative estimate of drug-likeness (QED) is 0.701. The molecule has 0 amide bonds. The Bertz CT molecular complexity index is 604. The van der Waals surface area contributed by atoms with E-state index in [9.17, 15) is 0 Å². The zero-order valence-corrected chi connectivity index (χ0v) is 14.3. The smallest absolute Gasteiger partial charge is 0.161 e. The molecule has 0 aliphatic carbocycles. The molecule has 0 saturated carbocycles. The Hall–Kier alpha value is -0.400. The van der Waals surface area contributed by atoms with Crippen molar-refractivity contribution in [3.8, 4) is 11.4 Å². The second kappa shape index (κ2) is 5.71. The lowest BCUT2D eigenvalue weighted by atomic mass is 10.2. The van der Waals surface area contributed by atoms with Crippen molar-refractivity contribution in [2.75, 3.05) is 12.4 Å². The maximum Gasteiger partial charge on any atom is 0.161 e. The fraction of sp³-hybridized carbons (Fsp3) is 0.167. The van der Waals surface area contributed by atoms with Crippen molar-refractivity contribution in [2.45, 2.75) is 6.92 Å². The predicted molar refractivity (Wildman–Crippen MR) is 87.2 cm³/mol. The molecule has 0 atom stereocenters. The van der Waals surface area contributed by atoms with Crippen LogP contribution in [-0.4, -0.2) is 17.0 Å². The minimum absolute atomic E-state index is 0.676. The van der Waals surface area contributed by atoms with Crippen LogP contribution in [0.4, 0.5) is 5.82 Å². The molecule has 3 nitrogen and oxygen atoms in total. The van der Waals surface area contributed by atoms with Gasteiger partial charge in [0.2, 0.25) is 0 Å². The first kappa shape index (κ1) is 14.0. The minimum atomic E-state index is 0.676. The minimum Gasteiger partial charge on any atom is -0.372 e. The van der Waals surface area contributed by atoms with Crippen molar-refractivity contribution >= 4 is 55.9 Å². The van der Waals surface area contributed by atoms with E-state index >= 15 is 0 Å². The van der Waals surface area contributed by atoms with Gasteiger partial charge in [-0.1, -0.05) is 11.6 Å². The third-order valence-electron chi connectivity index (χ3n) is 2.43. The molecule has 18 heavy (non-hydrogen) atoms. The third-order valence-corrected chi connectivity index (χ3v) is 4.94. The molecule has 0 unspecified atom stereocenters. The van der Waals surface area contributed by atoms with Crippen LogP contribution in [0.1, 0.15) is 5.69 Å². The zero-order valence-electron chi connectivity index (χ0n) is 9.76. The SMILES string of the molecule is CNc1nc(-c2ccc(Cl)c(Br)c2)nc(C)c1I. The molecular formula is C12H10BrClIN3. The Morgan fingerprint density at radius 3 is 2.67 bits per heavy atom. The van der Waals surface area contributed by atoms with E-state index in [2.05, 4.69) is 53.8 Å². The van der Waals surface area contributed by atoms with Crippen LogP contribution in [-0.2, 0) is 0 Å². The van der Waals surface area contributed by atoms with Gasteiger partial charge >= 0.3 is 0 Å².